The van der Waals surface area contributed by atoms with Crippen LogP contribution in [0.5, 0.6) is 0 Å². The summed E-state index contributed by atoms with van der Waals surface area (Å²) in [7, 11) is 1.68. The van der Waals surface area contributed by atoms with Gasteiger partial charge in [0.25, 0.3) is 0 Å². The third-order valence-corrected chi connectivity index (χ3v) is 4.00. The molecule has 0 aliphatic carbocycles. The molecule has 1 aromatic carbocycles. The molecule has 1 fully saturated rings. The van der Waals surface area contributed by atoms with Gasteiger partial charge in [-0.2, -0.15) is 0 Å². The number of nitrogens with one attached hydrogen (secondary N) is 1. The number of nitrogens with two attached hydrogens (primary N) is 1. The molecule has 2 rings (SSSR count). The van der Waals surface area contributed by atoms with E-state index in [4.69, 9.17) is 19.9 Å². The molecule has 6 nitrogen and oxygen atoms in total. The van der Waals surface area contributed by atoms with Gasteiger partial charge < -0.3 is 25.3 Å². The standard InChI is InChI=1S/C18H29N3O3/c1-22-14-16-5-2-3-6-17(16)21-18(19)20-9-4-10-24-13-15-7-11-23-12-8-15/h2-3,5-6,15H,4,7-14H2,1H3,(H3,19,20,21). The Bertz CT molecular complexity index is 502. The Morgan fingerprint density at radius 1 is 1.33 bits per heavy atom. The van der Waals surface area contributed by atoms with Crippen LogP contribution in [-0.4, -0.2) is 46.0 Å². The Labute approximate surface area is 144 Å². The second kappa shape index (κ2) is 11.0. The zero-order valence-corrected chi connectivity index (χ0v) is 14.5. The molecule has 1 saturated heterocycles. The summed E-state index contributed by atoms with van der Waals surface area (Å²) in [6, 6.07) is 7.90. The first-order valence-electron chi connectivity index (χ1n) is 8.59. The maximum absolute atomic E-state index is 5.95. The molecule has 0 radical (unpaired) electrons. The first kappa shape index (κ1) is 18.7. The lowest BCUT2D eigenvalue weighted by atomic mass is 10.0. The molecule has 134 valence electrons. The van der Waals surface area contributed by atoms with Gasteiger partial charge in [0.05, 0.1) is 6.61 Å². The van der Waals surface area contributed by atoms with E-state index in [1.54, 1.807) is 7.11 Å². The molecule has 1 heterocycles. The highest BCUT2D eigenvalue weighted by Crippen LogP contribution is 2.16. The van der Waals surface area contributed by atoms with E-state index in [-0.39, 0.29) is 0 Å². The van der Waals surface area contributed by atoms with Crippen LogP contribution in [0.2, 0.25) is 0 Å². The van der Waals surface area contributed by atoms with E-state index in [0.717, 1.165) is 50.3 Å². The van der Waals surface area contributed by atoms with E-state index in [1.165, 1.54) is 0 Å². The van der Waals surface area contributed by atoms with Crippen molar-refractivity contribution in [1.29, 1.82) is 0 Å². The quantitative estimate of drug-likeness (QED) is 0.412. The molecule has 6 heteroatoms. The number of hydrogen-bond acceptors (Lipinski definition) is 4. The summed E-state index contributed by atoms with van der Waals surface area (Å²) in [5.74, 6) is 1.06. The Kier molecular flexibility index (Phi) is 8.59. The number of ether oxygens (including phenoxy) is 3. The van der Waals surface area contributed by atoms with Crippen LogP contribution in [0.25, 0.3) is 0 Å². The zero-order valence-electron chi connectivity index (χ0n) is 14.5. The van der Waals surface area contributed by atoms with E-state index in [2.05, 4.69) is 10.3 Å². The number of aliphatic imine (C=N–C) groups is 1. The molecular weight excluding hydrogens is 306 g/mol. The molecule has 1 aliphatic rings. The Hall–Kier alpha value is -1.63. The van der Waals surface area contributed by atoms with Crippen LogP contribution >= 0.6 is 0 Å². The van der Waals surface area contributed by atoms with Crippen molar-refractivity contribution in [1.82, 2.24) is 0 Å². The van der Waals surface area contributed by atoms with Crippen molar-refractivity contribution in [2.45, 2.75) is 25.9 Å². The van der Waals surface area contributed by atoms with Crippen LogP contribution in [0, 0.1) is 5.92 Å². The summed E-state index contributed by atoms with van der Waals surface area (Å²) in [6.07, 6.45) is 3.08. The van der Waals surface area contributed by atoms with Gasteiger partial charge in [0, 0.05) is 51.3 Å². The molecule has 0 aromatic heterocycles. The molecule has 1 aromatic rings. The number of guanidine groups is 1. The molecule has 3 N–H and O–H groups in total. The van der Waals surface area contributed by atoms with Crippen molar-refractivity contribution in [2.24, 2.45) is 16.6 Å². The van der Waals surface area contributed by atoms with Gasteiger partial charge in [-0.3, -0.25) is 4.99 Å². The highest BCUT2D eigenvalue weighted by molar-refractivity contribution is 5.92. The maximum atomic E-state index is 5.95. The lowest BCUT2D eigenvalue weighted by molar-refractivity contribution is 0.0205. The number of rotatable bonds is 9. The minimum Gasteiger partial charge on any atom is -0.381 e. The van der Waals surface area contributed by atoms with Gasteiger partial charge in [0.1, 0.15) is 0 Å². The summed E-state index contributed by atoms with van der Waals surface area (Å²) < 4.78 is 16.2. The van der Waals surface area contributed by atoms with Crippen molar-refractivity contribution < 1.29 is 14.2 Å². The van der Waals surface area contributed by atoms with Crippen molar-refractivity contribution in [3.05, 3.63) is 29.8 Å². The van der Waals surface area contributed by atoms with Crippen LogP contribution in [-0.2, 0) is 20.8 Å². The van der Waals surface area contributed by atoms with Gasteiger partial charge in [0.15, 0.2) is 5.96 Å². The van der Waals surface area contributed by atoms with Crippen LogP contribution in [0.15, 0.2) is 29.3 Å². The largest absolute Gasteiger partial charge is 0.381 e. The predicted molar refractivity (Wildman–Crippen MR) is 96.2 cm³/mol. The average molecular weight is 335 g/mol. The van der Waals surface area contributed by atoms with Gasteiger partial charge in [0.2, 0.25) is 0 Å². The fraction of sp³-hybridized carbons (Fsp3) is 0.611. The van der Waals surface area contributed by atoms with E-state index in [9.17, 15) is 0 Å². The van der Waals surface area contributed by atoms with Crippen LogP contribution < -0.4 is 11.1 Å². The molecule has 0 unspecified atom stereocenters. The maximum Gasteiger partial charge on any atom is 0.193 e. The first-order valence-corrected chi connectivity index (χ1v) is 8.59. The second-order valence-corrected chi connectivity index (χ2v) is 5.97. The number of anilines is 1. The molecule has 0 atom stereocenters. The zero-order chi connectivity index (χ0) is 17.0. The second-order valence-electron chi connectivity index (χ2n) is 5.97. The lowest BCUT2D eigenvalue weighted by Gasteiger charge is -2.21. The van der Waals surface area contributed by atoms with Crippen molar-refractivity contribution in [3.8, 4) is 0 Å². The number of para-hydroxylation sites is 1. The fourth-order valence-electron chi connectivity index (χ4n) is 2.63. The highest BCUT2D eigenvalue weighted by Gasteiger charge is 2.13. The fourth-order valence-corrected chi connectivity index (χ4v) is 2.63. The van der Waals surface area contributed by atoms with Crippen LogP contribution in [0.3, 0.4) is 0 Å². The van der Waals surface area contributed by atoms with E-state index in [0.29, 0.717) is 31.6 Å². The van der Waals surface area contributed by atoms with Crippen molar-refractivity contribution in [2.75, 3.05) is 45.4 Å². The number of methoxy groups -OCH3 is 1. The van der Waals surface area contributed by atoms with Gasteiger partial charge >= 0.3 is 0 Å². The van der Waals surface area contributed by atoms with Crippen LogP contribution in [0.4, 0.5) is 5.69 Å². The lowest BCUT2D eigenvalue weighted by Crippen LogP contribution is -2.24. The van der Waals surface area contributed by atoms with Gasteiger partial charge in [-0.05, 0) is 31.2 Å². The van der Waals surface area contributed by atoms with Gasteiger partial charge in [-0.15, -0.1) is 0 Å². The normalized spacial score (nSPS) is 16.3. The highest BCUT2D eigenvalue weighted by atomic mass is 16.5. The molecule has 0 saturated carbocycles. The van der Waals surface area contributed by atoms with E-state index >= 15 is 0 Å². The predicted octanol–water partition coefficient (Wildman–Crippen LogP) is 2.39. The topological polar surface area (TPSA) is 78.1 Å². The van der Waals surface area contributed by atoms with E-state index in [1.807, 2.05) is 24.3 Å². The Morgan fingerprint density at radius 3 is 2.92 bits per heavy atom. The minimum atomic E-state index is 0.419. The summed E-state index contributed by atoms with van der Waals surface area (Å²) in [4.78, 5) is 4.35. The Balaban J connectivity index is 1.63. The Morgan fingerprint density at radius 2 is 2.12 bits per heavy atom. The number of nitrogens with zero attached hydrogens (tertiary/aromatic N) is 1. The first-order chi connectivity index (χ1) is 11.8. The summed E-state index contributed by atoms with van der Waals surface area (Å²) in [5, 5.41) is 3.13. The van der Waals surface area contributed by atoms with Gasteiger partial charge in [-0.1, -0.05) is 18.2 Å². The molecule has 0 spiro atoms. The third kappa shape index (κ3) is 6.86. The summed E-state index contributed by atoms with van der Waals surface area (Å²) >= 11 is 0. The molecule has 0 bridgehead atoms. The smallest absolute Gasteiger partial charge is 0.193 e. The molecule has 0 amide bonds. The summed E-state index contributed by atoms with van der Waals surface area (Å²) in [5.41, 5.74) is 7.93. The molecule has 1 aliphatic heterocycles. The summed E-state index contributed by atoms with van der Waals surface area (Å²) in [6.45, 7) is 4.46. The van der Waals surface area contributed by atoms with Gasteiger partial charge in [-0.25, -0.2) is 0 Å². The SMILES string of the molecule is COCc1ccccc1NC(N)=NCCCOCC1CCOCC1. The van der Waals surface area contributed by atoms with E-state index < -0.39 is 0 Å². The third-order valence-electron chi connectivity index (χ3n) is 4.00. The monoisotopic (exact) mass is 335 g/mol. The van der Waals surface area contributed by atoms with Crippen molar-refractivity contribution in [3.63, 3.8) is 0 Å². The van der Waals surface area contributed by atoms with Crippen molar-refractivity contribution >= 4 is 11.6 Å². The van der Waals surface area contributed by atoms with Crippen LogP contribution in [0.1, 0.15) is 24.8 Å². The average Bonchev–Trinajstić information content (AvgIpc) is 2.61. The molecule has 24 heavy (non-hydrogen) atoms. The number of benzene rings is 1. The number of hydrogen-bond donors (Lipinski definition) is 2. The minimum absolute atomic E-state index is 0.419. The molecular formula is C18H29N3O3.